The van der Waals surface area contributed by atoms with Crippen molar-refractivity contribution in [3.05, 3.63) is 35.1 Å². The molecule has 1 atom stereocenters. The van der Waals surface area contributed by atoms with Gasteiger partial charge >= 0.3 is 12.0 Å². The summed E-state index contributed by atoms with van der Waals surface area (Å²) >= 11 is 5.82. The first-order chi connectivity index (χ1) is 12.5. The highest BCUT2D eigenvalue weighted by Gasteiger charge is 2.27. The average Bonchev–Trinajstić information content (AvgIpc) is 2.63. The minimum Gasteiger partial charge on any atom is -0.467 e. The first-order valence-corrected chi connectivity index (χ1v) is 8.59. The van der Waals surface area contributed by atoms with Crippen LogP contribution in [0.3, 0.4) is 0 Å². The molecule has 1 aliphatic rings. The van der Waals surface area contributed by atoms with E-state index in [0.717, 1.165) is 12.8 Å². The van der Waals surface area contributed by atoms with Gasteiger partial charge in [0.2, 0.25) is 5.95 Å². The van der Waals surface area contributed by atoms with Crippen LogP contribution in [0.5, 0.6) is 6.01 Å². The van der Waals surface area contributed by atoms with Gasteiger partial charge in [-0.3, -0.25) is 10.1 Å². The minimum atomic E-state index is -0.526. The number of carbonyl (C=O) groups excluding carboxylic acids is 2. The van der Waals surface area contributed by atoms with Crippen LogP contribution >= 0.6 is 11.6 Å². The molecule has 2 aromatic rings. The van der Waals surface area contributed by atoms with Crippen LogP contribution in [0.2, 0.25) is 5.02 Å². The number of anilines is 2. The highest BCUT2D eigenvalue weighted by molar-refractivity contribution is 6.30. The van der Waals surface area contributed by atoms with E-state index in [9.17, 15) is 9.59 Å². The number of urea groups is 1. The number of aromatic nitrogens is 3. The highest BCUT2D eigenvalue weighted by Crippen LogP contribution is 2.29. The molecule has 2 N–H and O–H groups in total. The number of halogens is 1. The van der Waals surface area contributed by atoms with E-state index in [4.69, 9.17) is 16.3 Å². The minimum absolute atomic E-state index is 0.0247. The Morgan fingerprint density at radius 3 is 2.62 bits per heavy atom. The Balaban J connectivity index is 1.76. The van der Waals surface area contributed by atoms with Gasteiger partial charge in [0, 0.05) is 17.1 Å². The smallest absolute Gasteiger partial charge is 0.326 e. The largest absolute Gasteiger partial charge is 0.467 e. The molecule has 0 saturated heterocycles. The maximum Gasteiger partial charge on any atom is 0.326 e. The summed E-state index contributed by atoms with van der Waals surface area (Å²) in [5.74, 6) is 0.0571. The molecule has 8 nitrogen and oxygen atoms in total. The van der Waals surface area contributed by atoms with Gasteiger partial charge in [0.1, 0.15) is 11.6 Å². The number of carbonyl (C=O) groups is 2. The van der Waals surface area contributed by atoms with Crippen LogP contribution in [0, 0.1) is 0 Å². The van der Waals surface area contributed by atoms with Gasteiger partial charge in [-0.25, -0.2) is 4.79 Å². The topological polar surface area (TPSA) is 106 Å². The van der Waals surface area contributed by atoms with E-state index in [1.54, 1.807) is 24.3 Å². The first kappa shape index (κ1) is 18.1. The molecule has 1 unspecified atom stereocenters. The number of rotatable bonds is 4. The van der Waals surface area contributed by atoms with Crippen molar-refractivity contribution in [2.75, 3.05) is 17.7 Å². The number of hydrogen-bond acceptors (Lipinski definition) is 6. The summed E-state index contributed by atoms with van der Waals surface area (Å²) < 4.78 is 5.07. The van der Waals surface area contributed by atoms with Crippen molar-refractivity contribution in [1.29, 1.82) is 0 Å². The summed E-state index contributed by atoms with van der Waals surface area (Å²) in [5.41, 5.74) is 0.565. The van der Waals surface area contributed by atoms with Crippen molar-refractivity contribution in [3.8, 4) is 6.01 Å². The predicted molar refractivity (Wildman–Crippen MR) is 96.7 cm³/mol. The number of benzene rings is 1. The van der Waals surface area contributed by atoms with Crippen molar-refractivity contribution < 1.29 is 14.3 Å². The van der Waals surface area contributed by atoms with Gasteiger partial charge in [-0.2, -0.15) is 15.0 Å². The molecule has 1 saturated carbocycles. The third kappa shape index (κ3) is 4.45. The monoisotopic (exact) mass is 375 g/mol. The summed E-state index contributed by atoms with van der Waals surface area (Å²) in [7, 11) is 1.42. The molecular weight excluding hydrogens is 358 g/mol. The summed E-state index contributed by atoms with van der Waals surface area (Å²) in [6, 6.07) is 6.19. The lowest BCUT2D eigenvalue weighted by molar-refractivity contribution is -0.122. The maximum absolute atomic E-state index is 12.2. The van der Waals surface area contributed by atoms with Gasteiger partial charge in [-0.1, -0.05) is 18.0 Å². The second kappa shape index (κ2) is 8.09. The molecule has 1 heterocycles. The lowest BCUT2D eigenvalue weighted by Crippen LogP contribution is -2.24. The Bertz CT molecular complexity index is 813. The van der Waals surface area contributed by atoms with Crippen molar-refractivity contribution in [3.63, 3.8) is 0 Å². The number of methoxy groups -OCH3 is 1. The zero-order valence-electron chi connectivity index (χ0n) is 14.2. The normalized spacial score (nSPS) is 16.8. The molecule has 3 rings (SSSR count). The zero-order chi connectivity index (χ0) is 18.5. The molecule has 1 aromatic carbocycles. The third-order valence-corrected chi connectivity index (χ3v) is 4.26. The van der Waals surface area contributed by atoms with Gasteiger partial charge in [-0.05, 0) is 37.1 Å². The van der Waals surface area contributed by atoms with Gasteiger partial charge < -0.3 is 10.1 Å². The molecule has 0 bridgehead atoms. The van der Waals surface area contributed by atoms with E-state index < -0.39 is 6.03 Å². The molecule has 26 heavy (non-hydrogen) atoms. The molecular formula is C17H18ClN5O3. The van der Waals surface area contributed by atoms with E-state index >= 15 is 0 Å². The Hall–Kier alpha value is -2.74. The van der Waals surface area contributed by atoms with E-state index in [1.807, 2.05) is 0 Å². The van der Waals surface area contributed by atoms with Gasteiger partial charge in [0.05, 0.1) is 13.0 Å². The third-order valence-electron chi connectivity index (χ3n) is 4.01. The van der Waals surface area contributed by atoms with Crippen molar-refractivity contribution in [2.24, 2.45) is 0 Å². The van der Waals surface area contributed by atoms with E-state index in [2.05, 4.69) is 25.6 Å². The Kier molecular flexibility index (Phi) is 5.62. The van der Waals surface area contributed by atoms with Crippen LogP contribution in [0.15, 0.2) is 24.3 Å². The molecule has 1 fully saturated rings. The molecule has 0 aliphatic heterocycles. The fourth-order valence-electron chi connectivity index (χ4n) is 2.73. The number of nitrogens with one attached hydrogen (secondary N) is 2. The van der Waals surface area contributed by atoms with Crippen LogP contribution in [0.4, 0.5) is 16.4 Å². The van der Waals surface area contributed by atoms with Crippen LogP contribution in [0.1, 0.15) is 37.4 Å². The van der Waals surface area contributed by atoms with Crippen LogP contribution in [-0.2, 0) is 4.79 Å². The number of hydrogen-bond donors (Lipinski definition) is 2. The maximum atomic E-state index is 12.2. The second-order valence-corrected chi connectivity index (χ2v) is 6.29. The molecule has 2 amide bonds. The highest BCUT2D eigenvalue weighted by atomic mass is 35.5. The molecule has 0 radical (unpaired) electrons. The van der Waals surface area contributed by atoms with Crippen LogP contribution < -0.4 is 15.4 Å². The Labute approximate surface area is 155 Å². The number of Topliss-reactive ketones (excluding diaryl/α,β-unsaturated/α-hetero) is 1. The number of ether oxygens (including phenoxy) is 1. The lowest BCUT2D eigenvalue weighted by Gasteiger charge is -2.19. The average molecular weight is 376 g/mol. The summed E-state index contributed by atoms with van der Waals surface area (Å²) in [6.07, 6.45) is 3.01. The molecule has 1 aromatic heterocycles. The first-order valence-electron chi connectivity index (χ1n) is 8.21. The second-order valence-electron chi connectivity index (χ2n) is 5.85. The molecule has 9 heteroatoms. The Morgan fingerprint density at radius 1 is 1.15 bits per heavy atom. The molecule has 1 aliphatic carbocycles. The van der Waals surface area contributed by atoms with Crippen LogP contribution in [-0.4, -0.2) is 33.9 Å². The van der Waals surface area contributed by atoms with Crippen molar-refractivity contribution in [1.82, 2.24) is 15.0 Å². The van der Waals surface area contributed by atoms with Gasteiger partial charge in [0.25, 0.3) is 0 Å². The van der Waals surface area contributed by atoms with Crippen LogP contribution in [0.25, 0.3) is 0 Å². The number of ketones is 1. The molecule has 136 valence electrons. The predicted octanol–water partition coefficient (Wildman–Crippen LogP) is 3.40. The molecule has 0 spiro atoms. The van der Waals surface area contributed by atoms with E-state index in [1.165, 1.54) is 7.11 Å². The van der Waals surface area contributed by atoms with Gasteiger partial charge in [-0.15, -0.1) is 0 Å². The fraction of sp³-hybridized carbons (Fsp3) is 0.353. The fourth-order valence-corrected chi connectivity index (χ4v) is 2.85. The zero-order valence-corrected chi connectivity index (χ0v) is 14.9. The van der Waals surface area contributed by atoms with E-state index in [0.29, 0.717) is 29.4 Å². The standard InChI is InChI=1S/C17H18ClN5O3/c1-26-17-21-14(12-4-2-3-5-13(12)24)20-15(23-17)22-16(25)19-11-8-6-10(18)7-9-11/h6-9,12H,2-5H2,1H3,(H2,19,20,21,22,23,25). The van der Waals surface area contributed by atoms with E-state index in [-0.39, 0.29) is 23.7 Å². The lowest BCUT2D eigenvalue weighted by atomic mass is 9.87. The summed E-state index contributed by atoms with van der Waals surface area (Å²) in [5, 5.41) is 5.75. The number of nitrogens with zero attached hydrogens (tertiary/aromatic N) is 3. The quantitative estimate of drug-likeness (QED) is 0.848. The van der Waals surface area contributed by atoms with Crippen molar-refractivity contribution in [2.45, 2.75) is 31.6 Å². The summed E-state index contributed by atoms with van der Waals surface area (Å²) in [4.78, 5) is 36.7. The Morgan fingerprint density at radius 2 is 1.92 bits per heavy atom. The summed E-state index contributed by atoms with van der Waals surface area (Å²) in [6.45, 7) is 0. The SMILES string of the molecule is COc1nc(NC(=O)Nc2ccc(Cl)cc2)nc(C2CCCCC2=O)n1. The number of amides is 2. The van der Waals surface area contributed by atoms with Gasteiger partial charge in [0.15, 0.2) is 0 Å². The van der Waals surface area contributed by atoms with Crippen molar-refractivity contribution >= 4 is 35.1 Å².